The number of rotatable bonds is 5. The Bertz CT molecular complexity index is 1190. The van der Waals surface area contributed by atoms with E-state index in [4.69, 9.17) is 14.7 Å². The monoisotopic (exact) mass is 477 g/mol. The number of amides is 1. The molecule has 1 fully saturated rings. The zero-order chi connectivity index (χ0) is 24.5. The molecule has 1 saturated heterocycles. The van der Waals surface area contributed by atoms with Gasteiger partial charge in [0.25, 0.3) is 5.91 Å². The quantitative estimate of drug-likeness (QED) is 0.614. The van der Waals surface area contributed by atoms with Gasteiger partial charge < -0.3 is 19.4 Å². The lowest BCUT2D eigenvalue weighted by Crippen LogP contribution is -2.49. The Hall–Kier alpha value is -3.42. The lowest BCUT2D eigenvalue weighted by molar-refractivity contribution is -0.128. The molecular weight excluding hydrogens is 445 g/mol. The number of aromatic nitrogens is 2. The third-order valence-corrected chi connectivity index (χ3v) is 7.27. The number of hydrogen-bond acceptors (Lipinski definition) is 6. The second-order valence-electron chi connectivity index (χ2n) is 9.25. The number of piperazine rings is 1. The van der Waals surface area contributed by atoms with Gasteiger partial charge in [0.1, 0.15) is 5.82 Å². The van der Waals surface area contributed by atoms with Crippen molar-refractivity contribution in [1.82, 2.24) is 19.8 Å². The first-order valence-corrected chi connectivity index (χ1v) is 12.4. The molecule has 3 aliphatic rings. The van der Waals surface area contributed by atoms with Crippen LogP contribution in [-0.4, -0.2) is 65.5 Å². The van der Waals surface area contributed by atoms with Crippen LogP contribution in [0.15, 0.2) is 36.7 Å². The van der Waals surface area contributed by atoms with Gasteiger partial charge in [0, 0.05) is 49.5 Å². The maximum atomic E-state index is 13.3. The largest absolute Gasteiger partial charge is 0.467 e. The molecule has 2 aromatic rings. The van der Waals surface area contributed by atoms with Gasteiger partial charge in [-0.05, 0) is 36.8 Å². The first kappa shape index (κ1) is 23.3. The maximum absolute atomic E-state index is 13.3. The molecule has 1 aliphatic carbocycles. The summed E-state index contributed by atoms with van der Waals surface area (Å²) in [5, 5.41) is 0. The minimum atomic E-state index is -0.913. The minimum Gasteiger partial charge on any atom is -0.467 e. The molecule has 5 rings (SSSR count). The smallest absolute Gasteiger partial charge is 0.318 e. The molecule has 0 radical (unpaired) electrons. The fourth-order valence-electron chi connectivity index (χ4n) is 5.48. The molecule has 2 aliphatic heterocycles. The summed E-state index contributed by atoms with van der Waals surface area (Å²) < 4.78 is 18.8. The number of allylic oxidation sites excluding steroid dienone is 1. The fourth-order valence-corrected chi connectivity index (χ4v) is 5.48. The van der Waals surface area contributed by atoms with E-state index in [1.165, 1.54) is 27.3 Å². The highest BCUT2D eigenvalue weighted by molar-refractivity contribution is 5.90. The zero-order valence-electron chi connectivity index (χ0n) is 20.5. The molecule has 35 heavy (non-hydrogen) atoms. The van der Waals surface area contributed by atoms with E-state index in [1.54, 1.807) is 7.11 Å². The zero-order valence-corrected chi connectivity index (χ0v) is 20.5. The summed E-state index contributed by atoms with van der Waals surface area (Å²) in [6.45, 7) is 8.96. The number of halogens is 1. The molecule has 0 spiro atoms. The van der Waals surface area contributed by atoms with Crippen LogP contribution in [-0.2, 0) is 30.6 Å². The highest BCUT2D eigenvalue weighted by atomic mass is 19.1. The molecule has 0 unspecified atom stereocenters. The Morgan fingerprint density at radius 2 is 1.91 bits per heavy atom. The van der Waals surface area contributed by atoms with Gasteiger partial charge in [-0.25, -0.2) is 4.39 Å². The van der Waals surface area contributed by atoms with Crippen LogP contribution in [0.2, 0.25) is 0 Å². The first-order valence-electron chi connectivity index (χ1n) is 12.4. The van der Waals surface area contributed by atoms with E-state index in [-0.39, 0.29) is 0 Å². The van der Waals surface area contributed by atoms with Crippen LogP contribution in [0.25, 0.3) is 5.70 Å². The molecule has 1 amide bonds. The maximum Gasteiger partial charge on any atom is 0.318 e. The van der Waals surface area contributed by atoms with Crippen LogP contribution in [0.5, 0.6) is 6.01 Å². The van der Waals surface area contributed by atoms with Crippen LogP contribution >= 0.6 is 0 Å². The highest BCUT2D eigenvalue weighted by Gasteiger charge is 2.31. The Morgan fingerprint density at radius 3 is 2.63 bits per heavy atom. The lowest BCUT2D eigenvalue weighted by Gasteiger charge is -2.39. The third-order valence-electron chi connectivity index (χ3n) is 7.27. The summed E-state index contributed by atoms with van der Waals surface area (Å²) in [6.07, 6.45) is 6.35. The molecule has 0 bridgehead atoms. The molecule has 7 nitrogen and oxygen atoms in total. The number of hydrogen-bond donors (Lipinski definition) is 0. The van der Waals surface area contributed by atoms with Gasteiger partial charge in [0.05, 0.1) is 19.3 Å². The van der Waals surface area contributed by atoms with Crippen LogP contribution in [0, 0.1) is 0 Å². The first-order chi connectivity index (χ1) is 17.0. The average molecular weight is 478 g/mol. The third kappa shape index (κ3) is 4.37. The van der Waals surface area contributed by atoms with E-state index < -0.39 is 11.7 Å². The van der Waals surface area contributed by atoms with Crippen molar-refractivity contribution in [3.8, 4) is 6.01 Å². The summed E-state index contributed by atoms with van der Waals surface area (Å²) in [5.74, 6) is -0.676. The topological polar surface area (TPSA) is 61.8 Å². The number of anilines is 1. The SMILES string of the molecule is C=C(F)C(=O)N1CCN(c2nc(OC)nc3c2CCN(C2=CCCc4cccc(CC)c42)C3)CC1. The van der Waals surface area contributed by atoms with E-state index in [9.17, 15) is 9.18 Å². The Kier molecular flexibility index (Phi) is 6.45. The summed E-state index contributed by atoms with van der Waals surface area (Å²) in [4.78, 5) is 27.5. The van der Waals surface area contributed by atoms with E-state index in [0.29, 0.717) is 38.7 Å². The molecule has 1 aromatic carbocycles. The second kappa shape index (κ2) is 9.68. The van der Waals surface area contributed by atoms with Crippen LogP contribution < -0.4 is 9.64 Å². The Balaban J connectivity index is 1.41. The Labute approximate surface area is 205 Å². The number of benzene rings is 1. The second-order valence-corrected chi connectivity index (χ2v) is 9.25. The van der Waals surface area contributed by atoms with Crippen molar-refractivity contribution >= 4 is 17.4 Å². The summed E-state index contributed by atoms with van der Waals surface area (Å²) in [6, 6.07) is 7.02. The van der Waals surface area contributed by atoms with Crippen LogP contribution in [0.4, 0.5) is 10.2 Å². The molecule has 184 valence electrons. The predicted molar refractivity (Wildman–Crippen MR) is 134 cm³/mol. The van der Waals surface area contributed by atoms with Crippen molar-refractivity contribution in [1.29, 1.82) is 0 Å². The van der Waals surface area contributed by atoms with E-state index in [1.807, 2.05) is 0 Å². The van der Waals surface area contributed by atoms with Gasteiger partial charge >= 0.3 is 6.01 Å². The van der Waals surface area contributed by atoms with Crippen molar-refractivity contribution in [2.45, 2.75) is 39.2 Å². The number of ether oxygens (including phenoxy) is 1. The van der Waals surface area contributed by atoms with E-state index >= 15 is 0 Å². The van der Waals surface area contributed by atoms with Crippen molar-refractivity contribution in [3.05, 3.63) is 64.6 Å². The van der Waals surface area contributed by atoms with E-state index in [2.05, 4.69) is 47.6 Å². The number of fused-ring (bicyclic) bond motifs is 2. The van der Waals surface area contributed by atoms with Gasteiger partial charge in [0.2, 0.25) is 0 Å². The standard InChI is InChI=1S/C27H32FN5O2/c1-4-19-7-5-8-20-9-6-10-23(24(19)20)33-12-11-21-22(17-33)29-27(35-3)30-25(21)31-13-15-32(16-14-31)26(34)18(2)28/h5,7-8,10H,2,4,6,9,11-17H2,1,3H3. The average Bonchev–Trinajstić information content (AvgIpc) is 2.90. The summed E-state index contributed by atoms with van der Waals surface area (Å²) >= 11 is 0. The molecule has 8 heteroatoms. The van der Waals surface area contributed by atoms with Gasteiger partial charge in [-0.3, -0.25) is 4.79 Å². The summed E-state index contributed by atoms with van der Waals surface area (Å²) in [5.41, 5.74) is 7.64. The number of methoxy groups -OCH3 is 1. The van der Waals surface area contributed by atoms with Gasteiger partial charge in [-0.1, -0.05) is 37.8 Å². The number of carbonyl (C=O) groups excluding carboxylic acids is 1. The van der Waals surface area contributed by atoms with Gasteiger partial charge in [-0.15, -0.1) is 0 Å². The molecule has 0 atom stereocenters. The van der Waals surface area contributed by atoms with Gasteiger partial charge in [-0.2, -0.15) is 9.97 Å². The Morgan fingerprint density at radius 1 is 1.11 bits per heavy atom. The normalized spacial score (nSPS) is 17.5. The van der Waals surface area contributed by atoms with Gasteiger partial charge in [0.15, 0.2) is 5.83 Å². The molecule has 0 N–H and O–H groups in total. The number of carbonyl (C=O) groups is 1. The number of aryl methyl sites for hydroxylation is 2. The van der Waals surface area contributed by atoms with Crippen molar-refractivity contribution in [3.63, 3.8) is 0 Å². The van der Waals surface area contributed by atoms with Crippen molar-refractivity contribution in [2.24, 2.45) is 0 Å². The molecule has 1 aromatic heterocycles. The van der Waals surface area contributed by atoms with E-state index in [0.717, 1.165) is 49.3 Å². The van der Waals surface area contributed by atoms with Crippen LogP contribution in [0.1, 0.15) is 41.3 Å². The summed E-state index contributed by atoms with van der Waals surface area (Å²) in [7, 11) is 1.59. The molecular formula is C27H32FN5O2. The fraction of sp³-hybridized carbons (Fsp3) is 0.444. The highest BCUT2D eigenvalue weighted by Crippen LogP contribution is 2.37. The van der Waals surface area contributed by atoms with Crippen LogP contribution in [0.3, 0.4) is 0 Å². The van der Waals surface area contributed by atoms with Crippen molar-refractivity contribution in [2.75, 3.05) is 44.7 Å². The predicted octanol–water partition coefficient (Wildman–Crippen LogP) is 3.52. The molecule has 3 heterocycles. The number of nitrogens with zero attached hydrogens (tertiary/aromatic N) is 5. The lowest BCUT2D eigenvalue weighted by atomic mass is 9.88. The molecule has 0 saturated carbocycles. The minimum absolute atomic E-state index is 0.350. The van der Waals surface area contributed by atoms with Crippen molar-refractivity contribution < 1.29 is 13.9 Å².